The molecule has 0 saturated heterocycles. The molecule has 0 radical (unpaired) electrons. The molecule has 0 aliphatic rings. The molecule has 2 rings (SSSR count). The molecule has 18 heavy (non-hydrogen) atoms. The zero-order chi connectivity index (χ0) is 13.1. The molecule has 0 aliphatic carbocycles. The van der Waals surface area contributed by atoms with Crippen LogP contribution in [-0.4, -0.2) is 21.2 Å². The van der Waals surface area contributed by atoms with Crippen molar-refractivity contribution in [2.45, 2.75) is 19.5 Å². The molecule has 0 bridgehead atoms. The quantitative estimate of drug-likeness (QED) is 0.872. The van der Waals surface area contributed by atoms with Crippen molar-refractivity contribution in [2.75, 3.05) is 7.05 Å². The Morgan fingerprint density at radius 1 is 1.44 bits per heavy atom. The Hall–Kier alpha value is -1.88. The Balaban J connectivity index is 2.45. The first-order valence-electron chi connectivity index (χ1n) is 6.02. The van der Waals surface area contributed by atoms with Crippen LogP contribution >= 0.6 is 0 Å². The van der Waals surface area contributed by atoms with Gasteiger partial charge in [0.25, 0.3) is 5.56 Å². The number of aromatic nitrogens is 3. The van der Waals surface area contributed by atoms with Crippen LogP contribution in [0.5, 0.6) is 0 Å². The SMILES string of the molecule is CCn1ccnc1C(NC)c1ccn(C)c(=O)c1. The Bertz CT molecular complexity index is 585. The van der Waals surface area contributed by atoms with Crippen LogP contribution in [0, 0.1) is 0 Å². The van der Waals surface area contributed by atoms with E-state index in [-0.39, 0.29) is 11.6 Å². The first kappa shape index (κ1) is 12.6. The highest BCUT2D eigenvalue weighted by Gasteiger charge is 2.17. The Labute approximate surface area is 106 Å². The molecule has 0 fully saturated rings. The average Bonchev–Trinajstić information content (AvgIpc) is 2.83. The summed E-state index contributed by atoms with van der Waals surface area (Å²) >= 11 is 0. The van der Waals surface area contributed by atoms with Crippen LogP contribution in [0.2, 0.25) is 0 Å². The van der Waals surface area contributed by atoms with Crippen molar-refractivity contribution in [2.24, 2.45) is 7.05 Å². The van der Waals surface area contributed by atoms with Crippen molar-refractivity contribution in [3.05, 3.63) is 52.5 Å². The molecule has 2 aromatic heterocycles. The molecule has 0 amide bonds. The highest BCUT2D eigenvalue weighted by molar-refractivity contribution is 5.23. The number of hydrogen-bond acceptors (Lipinski definition) is 3. The molecule has 1 N–H and O–H groups in total. The Morgan fingerprint density at radius 2 is 2.22 bits per heavy atom. The van der Waals surface area contributed by atoms with Crippen molar-refractivity contribution in [1.82, 2.24) is 19.4 Å². The fourth-order valence-corrected chi connectivity index (χ4v) is 2.04. The molecule has 96 valence electrons. The number of nitrogens with zero attached hydrogens (tertiary/aromatic N) is 3. The van der Waals surface area contributed by atoms with E-state index >= 15 is 0 Å². The van der Waals surface area contributed by atoms with Gasteiger partial charge in [-0.25, -0.2) is 4.98 Å². The largest absolute Gasteiger partial charge is 0.334 e. The molecule has 2 aromatic rings. The van der Waals surface area contributed by atoms with Crippen molar-refractivity contribution >= 4 is 0 Å². The van der Waals surface area contributed by atoms with Crippen LogP contribution in [-0.2, 0) is 13.6 Å². The minimum Gasteiger partial charge on any atom is -0.334 e. The fourth-order valence-electron chi connectivity index (χ4n) is 2.04. The summed E-state index contributed by atoms with van der Waals surface area (Å²) in [6.45, 7) is 2.93. The summed E-state index contributed by atoms with van der Waals surface area (Å²) in [6.07, 6.45) is 5.51. The zero-order valence-electron chi connectivity index (χ0n) is 10.9. The van der Waals surface area contributed by atoms with Crippen LogP contribution in [0.4, 0.5) is 0 Å². The van der Waals surface area contributed by atoms with Crippen molar-refractivity contribution in [1.29, 1.82) is 0 Å². The average molecular weight is 246 g/mol. The first-order valence-corrected chi connectivity index (χ1v) is 6.02. The minimum absolute atomic E-state index is 0.0117. The summed E-state index contributed by atoms with van der Waals surface area (Å²) < 4.78 is 3.63. The lowest BCUT2D eigenvalue weighted by Gasteiger charge is -2.17. The molecule has 5 nitrogen and oxygen atoms in total. The van der Waals surface area contributed by atoms with Crippen molar-refractivity contribution < 1.29 is 0 Å². The van der Waals surface area contributed by atoms with Crippen LogP contribution in [0.1, 0.15) is 24.4 Å². The topological polar surface area (TPSA) is 51.9 Å². The van der Waals surface area contributed by atoms with E-state index in [2.05, 4.69) is 21.8 Å². The zero-order valence-corrected chi connectivity index (χ0v) is 10.9. The standard InChI is InChI=1S/C13H18N4O/c1-4-17-8-6-15-13(17)12(14-2)10-5-7-16(3)11(18)9-10/h5-9,12,14H,4H2,1-3H3. The summed E-state index contributed by atoms with van der Waals surface area (Å²) in [5, 5.41) is 3.21. The highest BCUT2D eigenvalue weighted by atomic mass is 16.1. The smallest absolute Gasteiger partial charge is 0.250 e. The molecule has 1 unspecified atom stereocenters. The molecule has 0 spiro atoms. The van der Waals surface area contributed by atoms with Gasteiger partial charge in [-0.15, -0.1) is 0 Å². The van der Waals surface area contributed by atoms with Crippen LogP contribution in [0.3, 0.4) is 0 Å². The van der Waals surface area contributed by atoms with Gasteiger partial charge in [-0.3, -0.25) is 4.79 Å². The van der Waals surface area contributed by atoms with E-state index in [9.17, 15) is 4.79 Å². The lowest BCUT2D eigenvalue weighted by atomic mass is 10.1. The summed E-state index contributed by atoms with van der Waals surface area (Å²) in [5.41, 5.74) is 0.920. The second kappa shape index (κ2) is 5.18. The Morgan fingerprint density at radius 3 is 2.83 bits per heavy atom. The van der Waals surface area contributed by atoms with Gasteiger partial charge in [0.05, 0.1) is 6.04 Å². The third-order valence-corrected chi connectivity index (χ3v) is 3.10. The van der Waals surface area contributed by atoms with Crippen molar-refractivity contribution in [3.8, 4) is 0 Å². The van der Waals surface area contributed by atoms with E-state index in [1.807, 2.05) is 19.3 Å². The third kappa shape index (κ3) is 2.22. The van der Waals surface area contributed by atoms with Gasteiger partial charge in [-0.05, 0) is 25.6 Å². The van der Waals surface area contributed by atoms with Crippen LogP contribution < -0.4 is 10.9 Å². The molecule has 5 heteroatoms. The molecule has 0 aliphatic heterocycles. The predicted octanol–water partition coefficient (Wildman–Crippen LogP) is 0.911. The maximum Gasteiger partial charge on any atom is 0.250 e. The molecule has 1 atom stereocenters. The molecule has 0 aromatic carbocycles. The van der Waals surface area contributed by atoms with Crippen LogP contribution in [0.25, 0.3) is 0 Å². The van der Waals surface area contributed by atoms with E-state index < -0.39 is 0 Å². The lowest BCUT2D eigenvalue weighted by Crippen LogP contribution is -2.24. The normalized spacial score (nSPS) is 12.6. The van der Waals surface area contributed by atoms with Gasteiger partial charge in [0, 0.05) is 38.2 Å². The van der Waals surface area contributed by atoms with E-state index in [0.717, 1.165) is 17.9 Å². The number of rotatable bonds is 4. The predicted molar refractivity (Wildman–Crippen MR) is 70.5 cm³/mol. The summed E-state index contributed by atoms with van der Waals surface area (Å²) in [4.78, 5) is 16.1. The van der Waals surface area contributed by atoms with Gasteiger partial charge in [0.1, 0.15) is 5.82 Å². The van der Waals surface area contributed by atoms with Gasteiger partial charge >= 0.3 is 0 Å². The fraction of sp³-hybridized carbons (Fsp3) is 0.385. The molecular weight excluding hydrogens is 228 g/mol. The van der Waals surface area contributed by atoms with Gasteiger partial charge in [0.2, 0.25) is 0 Å². The Kier molecular flexibility index (Phi) is 3.62. The van der Waals surface area contributed by atoms with E-state index in [1.54, 1.807) is 30.1 Å². The summed E-state index contributed by atoms with van der Waals surface area (Å²) in [5.74, 6) is 0.924. The molecule has 0 saturated carbocycles. The summed E-state index contributed by atoms with van der Waals surface area (Å²) in [6, 6.07) is 3.53. The van der Waals surface area contributed by atoms with Crippen molar-refractivity contribution in [3.63, 3.8) is 0 Å². The lowest BCUT2D eigenvalue weighted by molar-refractivity contribution is 0.588. The van der Waals surface area contributed by atoms with Crippen LogP contribution in [0.15, 0.2) is 35.5 Å². The second-order valence-corrected chi connectivity index (χ2v) is 4.20. The van der Waals surface area contributed by atoms with Gasteiger partial charge in [-0.1, -0.05) is 0 Å². The number of aryl methyl sites for hydroxylation is 2. The second-order valence-electron chi connectivity index (χ2n) is 4.20. The number of hydrogen-bond donors (Lipinski definition) is 1. The number of pyridine rings is 1. The highest BCUT2D eigenvalue weighted by Crippen LogP contribution is 2.18. The number of nitrogens with one attached hydrogen (secondary N) is 1. The molecule has 2 heterocycles. The van der Waals surface area contributed by atoms with Gasteiger partial charge in [0.15, 0.2) is 0 Å². The maximum atomic E-state index is 11.7. The monoisotopic (exact) mass is 246 g/mol. The first-order chi connectivity index (χ1) is 8.67. The minimum atomic E-state index is -0.0613. The van der Waals surface area contributed by atoms with Gasteiger partial charge in [-0.2, -0.15) is 0 Å². The van der Waals surface area contributed by atoms with E-state index in [0.29, 0.717) is 0 Å². The summed E-state index contributed by atoms with van der Waals surface area (Å²) in [7, 11) is 3.62. The van der Waals surface area contributed by atoms with Gasteiger partial charge < -0.3 is 14.5 Å². The van der Waals surface area contributed by atoms with E-state index in [4.69, 9.17) is 0 Å². The maximum absolute atomic E-state index is 11.7. The van der Waals surface area contributed by atoms with E-state index in [1.165, 1.54) is 0 Å². The number of imidazole rings is 1. The molecular formula is C13H18N4O. The third-order valence-electron chi connectivity index (χ3n) is 3.10.